The van der Waals surface area contributed by atoms with Gasteiger partial charge in [-0.1, -0.05) is 19.1 Å². The third-order valence-corrected chi connectivity index (χ3v) is 9.70. The maximum absolute atomic E-state index is 14.1. The Bertz CT molecular complexity index is 2150. The monoisotopic (exact) mass is 772 g/mol. The molecule has 56 heavy (non-hydrogen) atoms. The number of alkyl halides is 3. The number of pyridine rings is 1. The Morgan fingerprint density at radius 2 is 1.88 bits per heavy atom. The number of guanidine groups is 1. The predicted octanol–water partition coefficient (Wildman–Crippen LogP) is 3.03. The molecule has 3 aliphatic rings. The first-order chi connectivity index (χ1) is 26.5. The minimum Gasteiger partial charge on any atom is -0.361 e. The number of likely N-dealkylation sites (N-methyl/N-ethyl adjacent to an activating group) is 1. The van der Waals surface area contributed by atoms with E-state index >= 15 is 0 Å². The third-order valence-electron chi connectivity index (χ3n) is 9.70. The van der Waals surface area contributed by atoms with E-state index in [1.165, 1.54) is 35.6 Å². The Hall–Kier alpha value is -5.43. The molecule has 13 nitrogen and oxygen atoms in total. The van der Waals surface area contributed by atoms with Crippen LogP contribution >= 0.6 is 0 Å². The number of hydrogen-bond donors (Lipinski definition) is 2. The van der Waals surface area contributed by atoms with E-state index in [1.807, 2.05) is 9.47 Å². The van der Waals surface area contributed by atoms with Crippen LogP contribution in [-0.2, 0) is 42.1 Å². The normalized spacial score (nSPS) is 17.2. The number of amides is 2. The quantitative estimate of drug-likeness (QED) is 0.112. The lowest BCUT2D eigenvalue weighted by Crippen LogP contribution is -2.50. The van der Waals surface area contributed by atoms with Crippen molar-refractivity contribution in [3.05, 3.63) is 93.6 Å². The predicted molar refractivity (Wildman–Crippen MR) is 204 cm³/mol. The highest BCUT2D eigenvalue weighted by Crippen LogP contribution is 2.35. The Labute approximate surface area is 323 Å². The number of benzene rings is 1. The van der Waals surface area contributed by atoms with Crippen LogP contribution in [0.15, 0.2) is 47.7 Å². The van der Waals surface area contributed by atoms with E-state index in [-0.39, 0.29) is 36.7 Å². The van der Waals surface area contributed by atoms with Gasteiger partial charge in [-0.3, -0.25) is 25.0 Å². The van der Waals surface area contributed by atoms with Crippen molar-refractivity contribution in [1.82, 2.24) is 24.4 Å². The van der Waals surface area contributed by atoms with Crippen molar-refractivity contribution in [3.63, 3.8) is 0 Å². The molecule has 294 valence electrons. The molecule has 3 N–H and O–H groups in total. The van der Waals surface area contributed by atoms with Gasteiger partial charge in [0.2, 0.25) is 12.3 Å². The van der Waals surface area contributed by atoms with E-state index in [0.29, 0.717) is 53.5 Å². The molecule has 1 saturated heterocycles. The summed E-state index contributed by atoms with van der Waals surface area (Å²) in [6, 6.07) is 7.21. The second-order valence-electron chi connectivity index (χ2n) is 14.8. The minimum absolute atomic E-state index is 0.0438. The van der Waals surface area contributed by atoms with Gasteiger partial charge in [0.25, 0.3) is 5.96 Å². The molecule has 2 aromatic heterocycles. The van der Waals surface area contributed by atoms with Crippen molar-refractivity contribution in [2.75, 3.05) is 44.6 Å². The number of aromatic nitrogens is 2. The number of carbonyl (C=O) groups is 2. The van der Waals surface area contributed by atoms with E-state index in [1.54, 1.807) is 40.0 Å². The molecule has 1 aromatic carbocycles. The molecular formula is C40H45F3N9O4+. The highest BCUT2D eigenvalue weighted by Gasteiger charge is 2.36. The SMILES string of the molecule is CCN1CCN(Cc2ccc(NC(=O)Cc3cncc(C#C[C+]4C=[N+]=C([NH-])N=C4c4cc5[c-]([n+]4C)CCN(C(O)OC(C)(C)C)C5=O)c3)cc2C(F)(F)F)CC1. The van der Waals surface area contributed by atoms with E-state index in [0.717, 1.165) is 31.4 Å². The van der Waals surface area contributed by atoms with Gasteiger partial charge in [0, 0.05) is 57.6 Å². The summed E-state index contributed by atoms with van der Waals surface area (Å²) in [4.78, 5) is 40.6. The number of fused-ring (bicyclic) bond motifs is 1. The smallest absolute Gasteiger partial charge is 0.361 e. The van der Waals surface area contributed by atoms with Gasteiger partial charge in [-0.05, 0) is 62.2 Å². The summed E-state index contributed by atoms with van der Waals surface area (Å²) in [6.45, 7) is 11.7. The summed E-state index contributed by atoms with van der Waals surface area (Å²) < 4.78 is 53.8. The summed E-state index contributed by atoms with van der Waals surface area (Å²) in [6.07, 6.45) is -1.34. The first kappa shape index (κ1) is 40.2. The summed E-state index contributed by atoms with van der Waals surface area (Å²) in [7, 11) is 1.79. The third kappa shape index (κ3) is 9.50. The topological polar surface area (TPSA) is 152 Å². The number of hydrogen-bond acceptors (Lipinski definition) is 8. The number of anilines is 1. The van der Waals surface area contributed by atoms with Crippen LogP contribution in [0.25, 0.3) is 5.73 Å². The molecule has 0 bridgehead atoms. The van der Waals surface area contributed by atoms with Crippen molar-refractivity contribution in [2.24, 2.45) is 12.0 Å². The fraction of sp³-hybridized carbons (Fsp3) is 0.425. The summed E-state index contributed by atoms with van der Waals surface area (Å²) >= 11 is 0. The number of aliphatic imine (C=N–C) groups is 1. The van der Waals surface area contributed by atoms with E-state index in [9.17, 15) is 27.9 Å². The second kappa shape index (κ2) is 16.4. The molecule has 16 heteroatoms. The number of aliphatic hydroxyl groups is 1. The first-order valence-corrected chi connectivity index (χ1v) is 18.3. The minimum atomic E-state index is -4.59. The van der Waals surface area contributed by atoms with Crippen molar-refractivity contribution in [3.8, 4) is 11.8 Å². The van der Waals surface area contributed by atoms with Gasteiger partial charge in [-0.25, -0.2) is 0 Å². The fourth-order valence-electron chi connectivity index (χ4n) is 6.84. The maximum Gasteiger partial charge on any atom is 0.416 e. The number of nitrogens with one attached hydrogen (secondary N) is 2. The molecule has 3 aromatic rings. The van der Waals surface area contributed by atoms with E-state index < -0.39 is 35.6 Å². The zero-order valence-electron chi connectivity index (χ0n) is 32.0. The van der Waals surface area contributed by atoms with Gasteiger partial charge in [0.1, 0.15) is 24.0 Å². The van der Waals surface area contributed by atoms with Gasteiger partial charge in [0.15, 0.2) is 23.8 Å². The Kier molecular flexibility index (Phi) is 11.7. The van der Waals surface area contributed by atoms with Crippen LogP contribution in [-0.4, -0.2) is 106 Å². The molecule has 1 unspecified atom stereocenters. The first-order valence-electron chi connectivity index (χ1n) is 18.3. The highest BCUT2D eigenvalue weighted by molar-refractivity contribution is 6.28. The van der Waals surface area contributed by atoms with Gasteiger partial charge in [-0.15, -0.1) is 0 Å². The van der Waals surface area contributed by atoms with Gasteiger partial charge < -0.3 is 34.4 Å². The summed E-state index contributed by atoms with van der Waals surface area (Å²) in [5, 5.41) is 13.2. The van der Waals surface area contributed by atoms with Gasteiger partial charge in [-0.2, -0.15) is 18.2 Å². The molecule has 0 radical (unpaired) electrons. The van der Waals surface area contributed by atoms with Crippen molar-refractivity contribution in [1.29, 1.82) is 0 Å². The summed E-state index contributed by atoms with van der Waals surface area (Å²) in [5.74, 6) is 5.23. The molecule has 1 atom stereocenters. The zero-order valence-corrected chi connectivity index (χ0v) is 32.0. The standard InChI is InChI=1S/C40H44F3N9O4/c1-6-50-13-15-51(16-14-50)24-28-9-10-29(19-31(28)40(41,42)43)47-34(53)18-26-17-25(21-45-22-26)7-8-27-23-46-37(44)48-35(27)33-20-30-32(49(33)5)11-12-52(36(30)54)38(55)56-39(2,3)4/h9-10,17,19-23,38,55H,6,11-16,18,24H2,1-5H3,(H,47,53)/p+1. The number of halogens is 3. The van der Waals surface area contributed by atoms with Crippen LogP contribution in [0.1, 0.15) is 71.7 Å². The lowest BCUT2D eigenvalue weighted by molar-refractivity contribution is -0.677. The molecule has 2 amide bonds. The maximum atomic E-state index is 14.1. The molecule has 6 rings (SSSR count). The molecular weight excluding hydrogens is 727 g/mol. The van der Waals surface area contributed by atoms with Crippen LogP contribution in [0.3, 0.4) is 0 Å². The molecule has 0 spiro atoms. The van der Waals surface area contributed by atoms with E-state index in [2.05, 4.69) is 43.6 Å². The van der Waals surface area contributed by atoms with Gasteiger partial charge >= 0.3 is 6.18 Å². The zero-order chi connectivity index (χ0) is 40.4. The molecule has 0 saturated carbocycles. The average molecular weight is 773 g/mol. The number of rotatable bonds is 9. The van der Waals surface area contributed by atoms with Gasteiger partial charge in [0.05, 0.1) is 35.6 Å². The molecule has 5 heterocycles. The van der Waals surface area contributed by atoms with Crippen molar-refractivity contribution >= 4 is 35.4 Å². The number of aliphatic hydroxyl groups excluding tert-OH is 1. The fourth-order valence-corrected chi connectivity index (χ4v) is 6.84. The number of piperazine rings is 1. The summed E-state index contributed by atoms with van der Waals surface area (Å²) in [5.41, 5.74) is 9.75. The van der Waals surface area contributed by atoms with Crippen LogP contribution < -0.4 is 14.6 Å². The largest absolute Gasteiger partial charge is 0.416 e. The number of carbonyl (C=O) groups excluding carboxylic acids is 2. The van der Waals surface area contributed by atoms with Crippen LogP contribution in [0.5, 0.6) is 0 Å². The molecule has 1 fully saturated rings. The Morgan fingerprint density at radius 1 is 1.14 bits per heavy atom. The Balaban J connectivity index is 1.14. The highest BCUT2D eigenvalue weighted by atomic mass is 19.4. The van der Waals surface area contributed by atoms with Crippen LogP contribution in [0.2, 0.25) is 0 Å². The van der Waals surface area contributed by atoms with Crippen molar-refractivity contribution in [2.45, 2.75) is 65.3 Å². The van der Waals surface area contributed by atoms with Crippen LogP contribution in [0.4, 0.5) is 18.9 Å². The number of nitrogens with zero attached hydrogens (tertiary/aromatic N) is 7. The van der Waals surface area contributed by atoms with Crippen LogP contribution in [0, 0.1) is 17.8 Å². The average Bonchev–Trinajstić information content (AvgIpc) is 3.47. The second-order valence-corrected chi connectivity index (χ2v) is 14.8. The molecule has 3 aliphatic heterocycles. The van der Waals surface area contributed by atoms with E-state index in [4.69, 9.17) is 10.5 Å². The van der Waals surface area contributed by atoms with Crippen molar-refractivity contribution < 1.29 is 37.2 Å². The number of ether oxygens (including phenoxy) is 1. The Morgan fingerprint density at radius 3 is 2.57 bits per heavy atom. The lowest BCUT2D eigenvalue weighted by atomic mass is 10.00. The lowest BCUT2D eigenvalue weighted by Gasteiger charge is -2.36. The molecule has 0 aliphatic carbocycles.